The average molecular weight is 526 g/mol. The first-order valence-electron chi connectivity index (χ1n) is 9.65. The molecular formula is C20H33ClIN3O3. The molecule has 160 valence electrons. The van der Waals surface area contributed by atoms with Gasteiger partial charge in [-0.1, -0.05) is 17.7 Å². The molecule has 6 nitrogen and oxygen atoms in total. The molecule has 1 aromatic rings. The molecule has 0 amide bonds. The summed E-state index contributed by atoms with van der Waals surface area (Å²) in [6.07, 6.45) is 4.01. The van der Waals surface area contributed by atoms with Gasteiger partial charge in [0.1, 0.15) is 5.75 Å². The Morgan fingerprint density at radius 1 is 1.25 bits per heavy atom. The van der Waals surface area contributed by atoms with E-state index < -0.39 is 0 Å². The van der Waals surface area contributed by atoms with E-state index in [2.05, 4.69) is 15.6 Å². The second-order valence-electron chi connectivity index (χ2n) is 6.62. The highest BCUT2D eigenvalue weighted by Gasteiger charge is 2.13. The summed E-state index contributed by atoms with van der Waals surface area (Å²) >= 11 is 6.27. The van der Waals surface area contributed by atoms with E-state index in [1.54, 1.807) is 14.2 Å². The summed E-state index contributed by atoms with van der Waals surface area (Å²) in [5.41, 5.74) is 1.09. The van der Waals surface area contributed by atoms with Gasteiger partial charge in [0, 0.05) is 51.6 Å². The highest BCUT2D eigenvalue weighted by Crippen LogP contribution is 2.22. The summed E-state index contributed by atoms with van der Waals surface area (Å²) in [5.74, 6) is 2.23. The van der Waals surface area contributed by atoms with Crippen LogP contribution in [0.2, 0.25) is 5.02 Å². The number of hydrogen-bond acceptors (Lipinski definition) is 4. The van der Waals surface area contributed by atoms with Crippen molar-refractivity contribution >= 4 is 41.5 Å². The van der Waals surface area contributed by atoms with Gasteiger partial charge in [-0.2, -0.15) is 0 Å². The first-order valence-corrected chi connectivity index (χ1v) is 10.0. The van der Waals surface area contributed by atoms with E-state index in [-0.39, 0.29) is 24.0 Å². The van der Waals surface area contributed by atoms with Crippen molar-refractivity contribution in [2.75, 3.05) is 53.7 Å². The van der Waals surface area contributed by atoms with Crippen LogP contribution in [0.1, 0.15) is 24.8 Å². The zero-order chi connectivity index (χ0) is 19.3. The quantitative estimate of drug-likeness (QED) is 0.212. The zero-order valence-corrected chi connectivity index (χ0v) is 19.9. The molecule has 0 spiro atoms. The number of guanidine groups is 1. The number of nitrogens with zero attached hydrogens (tertiary/aromatic N) is 1. The highest BCUT2D eigenvalue weighted by atomic mass is 127. The Labute approximate surface area is 190 Å². The molecule has 0 bridgehead atoms. The molecule has 8 heteroatoms. The summed E-state index contributed by atoms with van der Waals surface area (Å²) in [5, 5.41) is 7.35. The fourth-order valence-electron chi connectivity index (χ4n) is 2.94. The number of aliphatic imine (C=N–C) groups is 1. The van der Waals surface area contributed by atoms with Crippen LogP contribution < -0.4 is 15.4 Å². The molecule has 0 aromatic heterocycles. The molecule has 2 N–H and O–H groups in total. The van der Waals surface area contributed by atoms with Crippen LogP contribution in [-0.2, 0) is 15.9 Å². The second-order valence-corrected chi connectivity index (χ2v) is 7.02. The molecule has 0 unspecified atom stereocenters. The normalized spacial score (nSPS) is 15.0. The maximum Gasteiger partial charge on any atom is 0.190 e. The van der Waals surface area contributed by atoms with Crippen LogP contribution in [0.4, 0.5) is 0 Å². The second kappa shape index (κ2) is 15.1. The van der Waals surface area contributed by atoms with E-state index in [4.69, 9.17) is 25.8 Å². The van der Waals surface area contributed by atoms with Gasteiger partial charge in [0.15, 0.2) is 5.96 Å². The molecule has 28 heavy (non-hydrogen) atoms. The van der Waals surface area contributed by atoms with Crippen molar-refractivity contribution in [3.05, 3.63) is 28.8 Å². The summed E-state index contributed by atoms with van der Waals surface area (Å²) in [7, 11) is 3.41. The van der Waals surface area contributed by atoms with Gasteiger partial charge >= 0.3 is 0 Å². The lowest BCUT2D eigenvalue weighted by molar-refractivity contribution is 0.0203. The number of hydrogen-bond donors (Lipinski definition) is 2. The molecule has 1 aromatic carbocycles. The molecule has 0 aliphatic carbocycles. The first kappa shape index (κ1) is 25.3. The van der Waals surface area contributed by atoms with Crippen molar-refractivity contribution < 1.29 is 14.2 Å². The Kier molecular flexibility index (Phi) is 13.6. The Morgan fingerprint density at radius 2 is 2.00 bits per heavy atom. The van der Waals surface area contributed by atoms with Crippen LogP contribution in [0, 0.1) is 5.92 Å². The fraction of sp³-hybridized carbons (Fsp3) is 0.650. The van der Waals surface area contributed by atoms with Gasteiger partial charge in [-0.25, -0.2) is 0 Å². The third-order valence-electron chi connectivity index (χ3n) is 4.62. The van der Waals surface area contributed by atoms with Gasteiger partial charge < -0.3 is 24.8 Å². The molecule has 1 aliphatic rings. The summed E-state index contributed by atoms with van der Waals surface area (Å²) < 4.78 is 16.3. The molecule has 1 saturated heterocycles. The minimum absolute atomic E-state index is 0. The monoisotopic (exact) mass is 525 g/mol. The van der Waals surface area contributed by atoms with Crippen LogP contribution in [0.15, 0.2) is 23.2 Å². The Bertz CT molecular complexity index is 584. The molecule has 0 saturated carbocycles. The minimum Gasteiger partial charge on any atom is -0.497 e. The van der Waals surface area contributed by atoms with Gasteiger partial charge in [0.25, 0.3) is 0 Å². The van der Waals surface area contributed by atoms with Gasteiger partial charge in [-0.05, 0) is 49.3 Å². The number of benzene rings is 1. The van der Waals surface area contributed by atoms with Gasteiger partial charge in [0.2, 0.25) is 0 Å². The van der Waals surface area contributed by atoms with E-state index in [1.807, 2.05) is 18.2 Å². The van der Waals surface area contributed by atoms with Crippen molar-refractivity contribution in [3.63, 3.8) is 0 Å². The smallest absolute Gasteiger partial charge is 0.190 e. The van der Waals surface area contributed by atoms with E-state index in [0.717, 1.165) is 87.5 Å². The minimum atomic E-state index is 0. The number of methoxy groups -OCH3 is 1. The van der Waals surface area contributed by atoms with Crippen molar-refractivity contribution in [2.45, 2.75) is 25.7 Å². The first-order chi connectivity index (χ1) is 13.2. The van der Waals surface area contributed by atoms with Crippen LogP contribution in [0.3, 0.4) is 0 Å². The van der Waals surface area contributed by atoms with E-state index in [1.165, 1.54) is 0 Å². The number of halogens is 2. The van der Waals surface area contributed by atoms with Crippen LogP contribution in [0.5, 0.6) is 5.75 Å². The predicted octanol–water partition coefficient (Wildman–Crippen LogP) is 3.51. The average Bonchev–Trinajstić information content (AvgIpc) is 2.70. The molecule has 0 atom stereocenters. The maximum atomic E-state index is 6.27. The standard InChI is InChI=1S/C20H32ClN3O3.HI/c1-22-20(23-9-3-11-27-15-16-7-12-26-13-8-16)24-10-6-17-4-5-18(25-2)14-19(17)21;/h4-5,14,16H,3,6-13,15H2,1-2H3,(H2,22,23,24);1H. The SMILES string of the molecule is CN=C(NCCCOCC1CCOCC1)NCCc1ccc(OC)cc1Cl.I. The largest absolute Gasteiger partial charge is 0.497 e. The fourth-order valence-corrected chi connectivity index (χ4v) is 3.20. The molecule has 2 rings (SSSR count). The van der Waals surface area contributed by atoms with Crippen LogP contribution >= 0.6 is 35.6 Å². The molecule has 0 radical (unpaired) electrons. The van der Waals surface area contributed by atoms with Gasteiger partial charge in [0.05, 0.1) is 7.11 Å². The van der Waals surface area contributed by atoms with E-state index >= 15 is 0 Å². The van der Waals surface area contributed by atoms with Crippen LogP contribution in [0.25, 0.3) is 0 Å². The van der Waals surface area contributed by atoms with Crippen molar-refractivity contribution in [2.24, 2.45) is 10.9 Å². The third kappa shape index (κ3) is 9.62. The zero-order valence-electron chi connectivity index (χ0n) is 16.8. The molecule has 1 heterocycles. The Balaban J connectivity index is 0.00000392. The number of nitrogens with one attached hydrogen (secondary N) is 2. The highest BCUT2D eigenvalue weighted by molar-refractivity contribution is 14.0. The van der Waals surface area contributed by atoms with Gasteiger partial charge in [-0.15, -0.1) is 24.0 Å². The lowest BCUT2D eigenvalue weighted by Crippen LogP contribution is -2.39. The Hall–Kier alpha value is -0.770. The van der Waals surface area contributed by atoms with Gasteiger partial charge in [-0.3, -0.25) is 4.99 Å². The number of ether oxygens (including phenoxy) is 3. The maximum absolute atomic E-state index is 6.27. The Morgan fingerprint density at radius 3 is 2.68 bits per heavy atom. The third-order valence-corrected chi connectivity index (χ3v) is 4.97. The van der Waals surface area contributed by atoms with E-state index in [9.17, 15) is 0 Å². The van der Waals surface area contributed by atoms with E-state index in [0.29, 0.717) is 5.92 Å². The van der Waals surface area contributed by atoms with Crippen molar-refractivity contribution in [1.82, 2.24) is 10.6 Å². The molecular weight excluding hydrogens is 493 g/mol. The van der Waals surface area contributed by atoms with Crippen LogP contribution in [-0.4, -0.2) is 59.6 Å². The molecule has 1 aliphatic heterocycles. The molecule has 1 fully saturated rings. The number of rotatable bonds is 10. The topological polar surface area (TPSA) is 64.1 Å². The van der Waals surface area contributed by atoms with Crippen molar-refractivity contribution in [1.29, 1.82) is 0 Å². The predicted molar refractivity (Wildman–Crippen MR) is 125 cm³/mol. The summed E-state index contributed by atoms with van der Waals surface area (Å²) in [6, 6.07) is 5.76. The summed E-state index contributed by atoms with van der Waals surface area (Å²) in [6.45, 7) is 4.95. The lowest BCUT2D eigenvalue weighted by Gasteiger charge is -2.21. The summed E-state index contributed by atoms with van der Waals surface area (Å²) in [4.78, 5) is 4.25. The van der Waals surface area contributed by atoms with Crippen molar-refractivity contribution in [3.8, 4) is 5.75 Å². The lowest BCUT2D eigenvalue weighted by atomic mass is 10.0.